The number of carbonyl (C=O) groups is 5. The molecule has 0 rings (SSSR count). The van der Waals surface area contributed by atoms with Gasteiger partial charge >= 0.3 is 5.97 Å². The van der Waals surface area contributed by atoms with E-state index in [1.54, 1.807) is 0 Å². The molecule has 0 aliphatic rings. The molecule has 0 saturated carbocycles. The van der Waals surface area contributed by atoms with Gasteiger partial charge in [0.1, 0.15) is 12.3 Å². The number of nitrogens with two attached hydrogens (primary N) is 1. The number of aldehydes is 1. The first-order valence-corrected chi connectivity index (χ1v) is 6.81. The molecule has 0 aliphatic carbocycles. The van der Waals surface area contributed by atoms with Crippen LogP contribution in [0.4, 0.5) is 0 Å². The molecule has 0 bridgehead atoms. The van der Waals surface area contributed by atoms with Crippen LogP contribution in [0, 0.1) is 0 Å². The van der Waals surface area contributed by atoms with E-state index in [4.69, 9.17) is 10.8 Å². The highest BCUT2D eigenvalue weighted by Gasteiger charge is 2.24. The summed E-state index contributed by atoms with van der Waals surface area (Å²) in [4.78, 5) is 55.0. The van der Waals surface area contributed by atoms with Crippen molar-refractivity contribution in [2.24, 2.45) is 5.73 Å². The number of thiol groups is 1. The lowest BCUT2D eigenvalue weighted by molar-refractivity contribution is -0.139. The van der Waals surface area contributed by atoms with Crippen molar-refractivity contribution >= 4 is 42.6 Å². The molecule has 0 aliphatic heterocycles. The molecule has 124 valence electrons. The fourth-order valence-corrected chi connectivity index (χ4v) is 1.52. The van der Waals surface area contributed by atoms with E-state index < -0.39 is 42.2 Å². The molecule has 11 heteroatoms. The Balaban J connectivity index is 4.35. The zero-order valence-electron chi connectivity index (χ0n) is 11.6. The zero-order valence-corrected chi connectivity index (χ0v) is 12.5. The summed E-state index contributed by atoms with van der Waals surface area (Å²) in [6.07, 6.45) is -0.0961. The standard InChI is InChI=1S/C11H18N4O6S/c12-6(3-9(18)19)10(20)15-7(5-22)11(21)14-4-8(17)13-1-2-16/h2,6-7,22H,1,3-5,12H2,(H,13,17)(H,14,21)(H,15,20)(H,18,19)/t6-,7-/m0/s1. The molecule has 0 aromatic carbocycles. The van der Waals surface area contributed by atoms with Gasteiger partial charge in [-0.1, -0.05) is 0 Å². The number of rotatable bonds is 10. The van der Waals surface area contributed by atoms with Crippen LogP contribution in [0.1, 0.15) is 6.42 Å². The van der Waals surface area contributed by atoms with E-state index in [0.29, 0.717) is 6.29 Å². The van der Waals surface area contributed by atoms with Gasteiger partial charge in [-0.3, -0.25) is 19.2 Å². The Morgan fingerprint density at radius 1 is 1.18 bits per heavy atom. The number of amides is 3. The highest BCUT2D eigenvalue weighted by molar-refractivity contribution is 7.80. The first-order chi connectivity index (χ1) is 10.3. The van der Waals surface area contributed by atoms with Gasteiger partial charge in [0, 0.05) is 5.75 Å². The first-order valence-electron chi connectivity index (χ1n) is 6.18. The molecule has 0 heterocycles. The smallest absolute Gasteiger partial charge is 0.305 e. The number of carboxylic acids is 1. The molecule has 0 unspecified atom stereocenters. The molecule has 22 heavy (non-hydrogen) atoms. The lowest BCUT2D eigenvalue weighted by Crippen LogP contribution is -2.54. The van der Waals surface area contributed by atoms with Gasteiger partial charge in [-0.25, -0.2) is 0 Å². The predicted octanol–water partition coefficient (Wildman–Crippen LogP) is -3.37. The Hall–Kier alpha value is -2.14. The maximum Gasteiger partial charge on any atom is 0.305 e. The minimum absolute atomic E-state index is 0.0761. The van der Waals surface area contributed by atoms with E-state index in [-0.39, 0.29) is 18.8 Å². The van der Waals surface area contributed by atoms with Crippen molar-refractivity contribution in [3.05, 3.63) is 0 Å². The molecule has 2 atom stereocenters. The SMILES string of the molecule is N[C@@H](CC(=O)O)C(=O)N[C@@H](CS)C(=O)NCC(=O)NCC=O. The summed E-state index contributed by atoms with van der Waals surface area (Å²) in [5.74, 6) is -3.41. The van der Waals surface area contributed by atoms with E-state index in [2.05, 4.69) is 28.6 Å². The van der Waals surface area contributed by atoms with E-state index in [1.807, 2.05) is 0 Å². The number of nitrogens with one attached hydrogen (secondary N) is 3. The molecule has 3 amide bonds. The lowest BCUT2D eigenvalue weighted by Gasteiger charge is -2.18. The highest BCUT2D eigenvalue weighted by Crippen LogP contribution is 1.93. The van der Waals surface area contributed by atoms with E-state index >= 15 is 0 Å². The second-order valence-electron chi connectivity index (χ2n) is 4.14. The molecule has 0 spiro atoms. The largest absolute Gasteiger partial charge is 0.481 e. The van der Waals surface area contributed by atoms with Gasteiger partial charge in [0.2, 0.25) is 17.7 Å². The molecule has 6 N–H and O–H groups in total. The quantitative estimate of drug-likeness (QED) is 0.179. The average molecular weight is 334 g/mol. The second-order valence-corrected chi connectivity index (χ2v) is 4.50. The van der Waals surface area contributed by atoms with Crippen molar-refractivity contribution in [2.75, 3.05) is 18.8 Å². The molecule has 0 aromatic rings. The highest BCUT2D eigenvalue weighted by atomic mass is 32.1. The minimum Gasteiger partial charge on any atom is -0.481 e. The topological polar surface area (TPSA) is 168 Å². The summed E-state index contributed by atoms with van der Waals surface area (Å²) in [6.45, 7) is -0.556. The number of hydrogen-bond donors (Lipinski definition) is 6. The summed E-state index contributed by atoms with van der Waals surface area (Å²) in [5, 5.41) is 15.2. The average Bonchev–Trinajstić information content (AvgIpc) is 2.46. The van der Waals surface area contributed by atoms with Crippen LogP contribution in [-0.2, 0) is 24.0 Å². The predicted molar refractivity (Wildman–Crippen MR) is 78.1 cm³/mol. The monoisotopic (exact) mass is 334 g/mol. The maximum absolute atomic E-state index is 11.8. The summed E-state index contributed by atoms with van der Waals surface area (Å²) in [7, 11) is 0. The van der Waals surface area contributed by atoms with E-state index in [1.165, 1.54) is 0 Å². The third-order valence-electron chi connectivity index (χ3n) is 2.35. The second kappa shape index (κ2) is 10.6. The van der Waals surface area contributed by atoms with Crippen LogP contribution in [0.2, 0.25) is 0 Å². The Bertz CT molecular complexity index is 444. The number of carboxylic acid groups (broad SMARTS) is 1. The minimum atomic E-state index is -1.30. The fourth-order valence-electron chi connectivity index (χ4n) is 1.26. The normalized spacial score (nSPS) is 12.6. The zero-order chi connectivity index (χ0) is 17.1. The third-order valence-corrected chi connectivity index (χ3v) is 2.72. The van der Waals surface area contributed by atoms with E-state index in [0.717, 1.165) is 0 Å². The van der Waals surface area contributed by atoms with Crippen LogP contribution in [0.5, 0.6) is 0 Å². The number of carbonyl (C=O) groups excluding carboxylic acids is 4. The van der Waals surface area contributed by atoms with Crippen molar-refractivity contribution in [3.8, 4) is 0 Å². The Kier molecular flexibility index (Phi) is 9.54. The Labute approximate surface area is 131 Å². The summed E-state index contributed by atoms with van der Waals surface area (Å²) < 4.78 is 0. The molecule has 0 aromatic heterocycles. The number of hydrogen-bond acceptors (Lipinski definition) is 7. The first kappa shape index (κ1) is 19.9. The van der Waals surface area contributed by atoms with Crippen molar-refractivity contribution in [1.82, 2.24) is 16.0 Å². The van der Waals surface area contributed by atoms with Crippen LogP contribution in [0.3, 0.4) is 0 Å². The molecule has 0 fully saturated rings. The van der Waals surface area contributed by atoms with Crippen LogP contribution in [0.25, 0.3) is 0 Å². The fraction of sp³-hybridized carbons (Fsp3) is 0.545. The third kappa shape index (κ3) is 8.21. The van der Waals surface area contributed by atoms with Crippen molar-refractivity contribution in [1.29, 1.82) is 0 Å². The van der Waals surface area contributed by atoms with Crippen molar-refractivity contribution in [2.45, 2.75) is 18.5 Å². The van der Waals surface area contributed by atoms with Crippen LogP contribution in [0.15, 0.2) is 0 Å². The van der Waals surface area contributed by atoms with Crippen LogP contribution in [-0.4, -0.2) is 66.0 Å². The van der Waals surface area contributed by atoms with Gasteiger partial charge in [0.05, 0.1) is 25.6 Å². The lowest BCUT2D eigenvalue weighted by atomic mass is 10.2. The number of aliphatic carboxylic acids is 1. The van der Waals surface area contributed by atoms with Crippen molar-refractivity contribution in [3.63, 3.8) is 0 Å². The molecule has 0 radical (unpaired) electrons. The van der Waals surface area contributed by atoms with Gasteiger partial charge in [-0.15, -0.1) is 0 Å². The van der Waals surface area contributed by atoms with Crippen LogP contribution >= 0.6 is 12.6 Å². The van der Waals surface area contributed by atoms with Gasteiger partial charge in [0.25, 0.3) is 0 Å². The summed E-state index contributed by atoms with van der Waals surface area (Å²) in [5.41, 5.74) is 5.35. The van der Waals surface area contributed by atoms with Gasteiger partial charge in [-0.05, 0) is 0 Å². The van der Waals surface area contributed by atoms with Crippen molar-refractivity contribution < 1.29 is 29.1 Å². The maximum atomic E-state index is 11.8. The molecular formula is C11H18N4O6S. The molecule has 0 saturated heterocycles. The van der Waals surface area contributed by atoms with Gasteiger partial charge < -0.3 is 31.6 Å². The van der Waals surface area contributed by atoms with E-state index in [9.17, 15) is 24.0 Å². The van der Waals surface area contributed by atoms with Gasteiger partial charge in [0.15, 0.2) is 0 Å². The molecule has 10 nitrogen and oxygen atoms in total. The molecular weight excluding hydrogens is 316 g/mol. The summed E-state index contributed by atoms with van der Waals surface area (Å²) >= 11 is 3.89. The van der Waals surface area contributed by atoms with Crippen LogP contribution < -0.4 is 21.7 Å². The summed E-state index contributed by atoms with van der Waals surface area (Å²) in [6, 6.07) is -2.38. The van der Waals surface area contributed by atoms with Gasteiger partial charge in [-0.2, -0.15) is 12.6 Å². The Morgan fingerprint density at radius 3 is 2.32 bits per heavy atom. The Morgan fingerprint density at radius 2 is 1.82 bits per heavy atom.